The van der Waals surface area contributed by atoms with Crippen LogP contribution in [0.2, 0.25) is 0 Å². The second-order valence-electron chi connectivity index (χ2n) is 8.77. The van der Waals surface area contributed by atoms with Crippen LogP contribution in [0.3, 0.4) is 0 Å². The summed E-state index contributed by atoms with van der Waals surface area (Å²) < 4.78 is 29.8. The molecule has 0 amide bonds. The molecule has 0 saturated heterocycles. The monoisotopic (exact) mass is 473 g/mol. The van der Waals surface area contributed by atoms with Gasteiger partial charge in [0.2, 0.25) is 10.0 Å². The number of sulfonamides is 1. The van der Waals surface area contributed by atoms with Crippen LogP contribution in [-0.2, 0) is 16.6 Å². The third-order valence-electron chi connectivity index (χ3n) is 6.26. The summed E-state index contributed by atoms with van der Waals surface area (Å²) in [7, 11) is -3.88. The van der Waals surface area contributed by atoms with Crippen LogP contribution < -0.4 is 10.5 Å². The standard InChI is InChI=1S/C24H31N3O3S2/c1-17(14-18-8-4-2-3-5-9-18)26-16-19-10-6-7-11-20(19)21-15-23(22-12-13-30-27-22)31-24(21)32(25,28)29/h6-7,10-13,15,17-18,26H,2-5,8-9,14,16H2,1H3,(H2,25,28,29)/t17-/m0/s1. The Hall–Kier alpha value is -2.00. The van der Waals surface area contributed by atoms with Gasteiger partial charge in [0.1, 0.15) is 16.2 Å². The van der Waals surface area contributed by atoms with E-state index >= 15 is 0 Å². The molecule has 1 fully saturated rings. The molecule has 2 aromatic heterocycles. The van der Waals surface area contributed by atoms with Crippen LogP contribution >= 0.6 is 11.3 Å². The smallest absolute Gasteiger partial charge is 0.248 e. The Kier molecular flexibility index (Phi) is 7.45. The molecule has 0 aliphatic heterocycles. The van der Waals surface area contributed by atoms with Crippen molar-refractivity contribution >= 4 is 21.4 Å². The molecule has 1 saturated carbocycles. The van der Waals surface area contributed by atoms with Crippen LogP contribution in [0, 0.1) is 5.92 Å². The molecule has 1 atom stereocenters. The first-order chi connectivity index (χ1) is 15.4. The van der Waals surface area contributed by atoms with Crippen molar-refractivity contribution in [1.82, 2.24) is 10.5 Å². The molecule has 3 aromatic rings. The van der Waals surface area contributed by atoms with Gasteiger partial charge in [0.15, 0.2) is 0 Å². The number of thiophene rings is 1. The Morgan fingerprint density at radius 1 is 1.16 bits per heavy atom. The van der Waals surface area contributed by atoms with Gasteiger partial charge in [-0.25, -0.2) is 13.6 Å². The topological polar surface area (TPSA) is 98.2 Å². The van der Waals surface area contributed by atoms with E-state index in [4.69, 9.17) is 9.66 Å². The summed E-state index contributed by atoms with van der Waals surface area (Å²) in [5.41, 5.74) is 3.13. The minimum absolute atomic E-state index is 0.148. The van der Waals surface area contributed by atoms with Gasteiger partial charge in [0.25, 0.3) is 0 Å². The normalized spacial score (nSPS) is 16.7. The number of nitrogens with two attached hydrogens (primary N) is 1. The van der Waals surface area contributed by atoms with Crippen molar-refractivity contribution in [3.63, 3.8) is 0 Å². The fraction of sp³-hybridized carbons (Fsp3) is 0.458. The summed E-state index contributed by atoms with van der Waals surface area (Å²) in [4.78, 5) is 0.710. The fourth-order valence-electron chi connectivity index (χ4n) is 4.64. The molecule has 1 aliphatic rings. The summed E-state index contributed by atoms with van der Waals surface area (Å²) in [5.74, 6) is 0.797. The third kappa shape index (κ3) is 5.67. The molecule has 0 spiro atoms. The van der Waals surface area contributed by atoms with Crippen molar-refractivity contribution in [3.05, 3.63) is 48.2 Å². The number of aromatic nitrogens is 1. The highest BCUT2D eigenvalue weighted by Gasteiger charge is 2.23. The van der Waals surface area contributed by atoms with Crippen LogP contribution in [0.5, 0.6) is 0 Å². The van der Waals surface area contributed by atoms with Crippen LogP contribution in [0.25, 0.3) is 21.7 Å². The summed E-state index contributed by atoms with van der Waals surface area (Å²) >= 11 is 1.12. The largest absolute Gasteiger partial charge is 0.364 e. The Morgan fingerprint density at radius 2 is 1.91 bits per heavy atom. The van der Waals surface area contributed by atoms with Crippen LogP contribution in [0.1, 0.15) is 57.4 Å². The van der Waals surface area contributed by atoms with E-state index in [9.17, 15) is 8.42 Å². The lowest BCUT2D eigenvalue weighted by molar-refractivity contribution is 0.363. The number of nitrogens with one attached hydrogen (secondary N) is 1. The highest BCUT2D eigenvalue weighted by Crippen LogP contribution is 2.40. The van der Waals surface area contributed by atoms with Crippen LogP contribution in [0.15, 0.2) is 51.4 Å². The van der Waals surface area contributed by atoms with Gasteiger partial charge in [0.05, 0.1) is 4.88 Å². The predicted molar refractivity (Wildman–Crippen MR) is 129 cm³/mol. The maximum absolute atomic E-state index is 12.4. The van der Waals surface area contributed by atoms with Gasteiger partial charge < -0.3 is 9.84 Å². The molecule has 1 aromatic carbocycles. The fourth-order valence-corrected chi connectivity index (χ4v) is 6.72. The maximum Gasteiger partial charge on any atom is 0.248 e. The quantitative estimate of drug-likeness (QED) is 0.418. The number of rotatable bonds is 8. The lowest BCUT2D eigenvalue weighted by Crippen LogP contribution is -2.28. The van der Waals surface area contributed by atoms with Crippen molar-refractivity contribution in [3.8, 4) is 21.7 Å². The van der Waals surface area contributed by atoms with E-state index in [0.29, 0.717) is 28.7 Å². The molecule has 3 N–H and O–H groups in total. The van der Waals surface area contributed by atoms with E-state index in [1.165, 1.54) is 51.2 Å². The molecule has 8 heteroatoms. The van der Waals surface area contributed by atoms with Crippen molar-refractivity contribution in [1.29, 1.82) is 0 Å². The number of primary sulfonamides is 1. The minimum atomic E-state index is -3.88. The Morgan fingerprint density at radius 3 is 2.59 bits per heavy atom. The average Bonchev–Trinajstić information content (AvgIpc) is 3.38. The van der Waals surface area contributed by atoms with E-state index in [1.54, 1.807) is 6.07 Å². The summed E-state index contributed by atoms with van der Waals surface area (Å²) in [6, 6.07) is 11.9. The molecule has 0 radical (unpaired) electrons. The second kappa shape index (κ2) is 10.3. The van der Waals surface area contributed by atoms with E-state index in [1.807, 2.05) is 30.3 Å². The lowest BCUT2D eigenvalue weighted by atomic mass is 9.93. The molecule has 1 aliphatic carbocycles. The molecule has 0 bridgehead atoms. The van der Waals surface area contributed by atoms with Crippen molar-refractivity contribution in [2.24, 2.45) is 11.1 Å². The van der Waals surface area contributed by atoms with Crippen molar-refractivity contribution < 1.29 is 12.9 Å². The zero-order valence-electron chi connectivity index (χ0n) is 18.4. The lowest BCUT2D eigenvalue weighted by Gasteiger charge is -2.21. The first kappa shape index (κ1) is 23.2. The summed E-state index contributed by atoms with van der Waals surface area (Å²) in [5, 5.41) is 13.2. The van der Waals surface area contributed by atoms with Gasteiger partial charge in [-0.15, -0.1) is 11.3 Å². The van der Waals surface area contributed by atoms with Gasteiger partial charge in [-0.2, -0.15) is 0 Å². The molecular formula is C24H31N3O3S2. The molecule has 4 rings (SSSR count). The van der Waals surface area contributed by atoms with Crippen LogP contribution in [-0.4, -0.2) is 19.6 Å². The average molecular weight is 474 g/mol. The highest BCUT2D eigenvalue weighted by molar-refractivity contribution is 7.91. The van der Waals surface area contributed by atoms with E-state index in [-0.39, 0.29) is 4.21 Å². The first-order valence-electron chi connectivity index (χ1n) is 11.3. The van der Waals surface area contributed by atoms with E-state index in [0.717, 1.165) is 28.4 Å². The van der Waals surface area contributed by atoms with Crippen molar-refractivity contribution in [2.75, 3.05) is 0 Å². The van der Waals surface area contributed by atoms with Gasteiger partial charge in [0, 0.05) is 24.2 Å². The summed E-state index contributed by atoms with van der Waals surface area (Å²) in [6.45, 7) is 2.92. The van der Waals surface area contributed by atoms with E-state index in [2.05, 4.69) is 17.4 Å². The highest BCUT2D eigenvalue weighted by atomic mass is 32.2. The van der Waals surface area contributed by atoms with Gasteiger partial charge >= 0.3 is 0 Å². The van der Waals surface area contributed by atoms with Crippen LogP contribution in [0.4, 0.5) is 0 Å². The predicted octanol–water partition coefficient (Wildman–Crippen LogP) is 5.56. The van der Waals surface area contributed by atoms with Gasteiger partial charge in [-0.05, 0) is 36.5 Å². The zero-order chi connectivity index (χ0) is 22.6. The molecule has 6 nitrogen and oxygen atoms in total. The molecule has 172 valence electrons. The maximum atomic E-state index is 12.4. The Labute approximate surface area is 194 Å². The number of hydrogen-bond donors (Lipinski definition) is 2. The van der Waals surface area contributed by atoms with Gasteiger partial charge in [-0.1, -0.05) is 67.9 Å². The molecule has 0 unspecified atom stereocenters. The minimum Gasteiger partial charge on any atom is -0.364 e. The molecular weight excluding hydrogens is 442 g/mol. The van der Waals surface area contributed by atoms with Crippen molar-refractivity contribution in [2.45, 2.75) is 68.7 Å². The first-order valence-corrected chi connectivity index (χ1v) is 13.7. The number of benzene rings is 1. The Balaban J connectivity index is 1.56. The van der Waals surface area contributed by atoms with E-state index < -0.39 is 10.0 Å². The number of nitrogens with zero attached hydrogens (tertiary/aromatic N) is 1. The molecule has 2 heterocycles. The second-order valence-corrected chi connectivity index (χ2v) is 11.6. The van der Waals surface area contributed by atoms with Gasteiger partial charge in [-0.3, -0.25) is 0 Å². The zero-order valence-corrected chi connectivity index (χ0v) is 20.1. The summed E-state index contributed by atoms with van der Waals surface area (Å²) in [6.07, 6.45) is 10.8. The Bertz CT molecular complexity index is 1120. The number of hydrogen-bond acceptors (Lipinski definition) is 6. The SMILES string of the molecule is C[C@@H](CC1CCCCCC1)NCc1ccccc1-c1cc(-c2ccon2)sc1S(N)(=O)=O. The third-order valence-corrected chi connectivity index (χ3v) is 8.89. The molecule has 32 heavy (non-hydrogen) atoms.